The van der Waals surface area contributed by atoms with Gasteiger partial charge in [0.1, 0.15) is 11.5 Å². The lowest BCUT2D eigenvalue weighted by Gasteiger charge is -2.37. The molecule has 1 amide bonds. The minimum absolute atomic E-state index is 0.0858. The molecule has 2 heterocycles. The highest BCUT2D eigenvalue weighted by atomic mass is 16.5. The van der Waals surface area contributed by atoms with Crippen molar-refractivity contribution in [3.8, 4) is 5.75 Å². The Bertz CT molecular complexity index is 665. The van der Waals surface area contributed by atoms with Gasteiger partial charge in [-0.25, -0.2) is 0 Å². The van der Waals surface area contributed by atoms with Crippen molar-refractivity contribution < 1.29 is 14.3 Å². The van der Waals surface area contributed by atoms with Gasteiger partial charge in [0.2, 0.25) is 0 Å². The molecule has 2 aliphatic rings. The monoisotopic (exact) mass is 400 g/mol. The maximum Gasteiger partial charge on any atom is 0.260 e. The van der Waals surface area contributed by atoms with Gasteiger partial charge in [0.15, 0.2) is 6.61 Å². The van der Waals surface area contributed by atoms with E-state index in [0.717, 1.165) is 44.0 Å². The van der Waals surface area contributed by atoms with Gasteiger partial charge in [-0.3, -0.25) is 4.79 Å². The Kier molecular flexibility index (Phi) is 8.10. The lowest BCUT2D eigenvalue weighted by molar-refractivity contribution is -0.135. The van der Waals surface area contributed by atoms with Crippen molar-refractivity contribution in [2.45, 2.75) is 52.4 Å². The molecule has 0 saturated carbocycles. The number of Topliss-reactive ketones (excluding diaryl/α,β-unsaturated/α-hetero) is 1. The summed E-state index contributed by atoms with van der Waals surface area (Å²) in [5, 5.41) is 0. The van der Waals surface area contributed by atoms with Crippen molar-refractivity contribution in [3.05, 3.63) is 29.8 Å². The van der Waals surface area contributed by atoms with Crippen LogP contribution >= 0.6 is 0 Å². The number of ketones is 1. The molecule has 0 aliphatic carbocycles. The van der Waals surface area contributed by atoms with Crippen molar-refractivity contribution in [3.63, 3.8) is 0 Å². The third-order valence-electron chi connectivity index (χ3n) is 6.32. The molecular weight excluding hydrogens is 364 g/mol. The van der Waals surface area contributed by atoms with Gasteiger partial charge in [-0.2, -0.15) is 0 Å². The van der Waals surface area contributed by atoms with Crippen molar-refractivity contribution in [1.29, 1.82) is 0 Å². The molecule has 1 aromatic carbocycles. The molecule has 0 aromatic heterocycles. The molecule has 1 atom stereocenters. The number of piperidine rings is 2. The molecule has 160 valence electrons. The van der Waals surface area contributed by atoms with Crippen LogP contribution in [-0.4, -0.2) is 60.8 Å². The van der Waals surface area contributed by atoms with E-state index in [4.69, 9.17) is 4.74 Å². The second-order valence-electron chi connectivity index (χ2n) is 8.97. The molecule has 2 saturated heterocycles. The Morgan fingerprint density at radius 1 is 1.07 bits per heavy atom. The van der Waals surface area contributed by atoms with E-state index in [0.29, 0.717) is 18.1 Å². The summed E-state index contributed by atoms with van der Waals surface area (Å²) < 4.78 is 5.73. The Morgan fingerprint density at radius 3 is 2.48 bits per heavy atom. The van der Waals surface area contributed by atoms with Crippen LogP contribution in [-0.2, 0) is 16.0 Å². The van der Waals surface area contributed by atoms with Crippen LogP contribution in [0.4, 0.5) is 0 Å². The van der Waals surface area contributed by atoms with Crippen LogP contribution in [0.1, 0.15) is 51.5 Å². The molecule has 5 heteroatoms. The summed E-state index contributed by atoms with van der Waals surface area (Å²) in [6.45, 7) is 9.30. The molecule has 2 fully saturated rings. The highest BCUT2D eigenvalue weighted by molar-refractivity contribution is 5.78. The molecule has 1 unspecified atom stereocenters. The molecule has 0 spiro atoms. The Hall–Kier alpha value is -1.88. The third kappa shape index (κ3) is 7.14. The van der Waals surface area contributed by atoms with E-state index in [1.54, 1.807) is 6.92 Å². The first-order chi connectivity index (χ1) is 14.0. The fourth-order valence-corrected chi connectivity index (χ4v) is 4.36. The van der Waals surface area contributed by atoms with Gasteiger partial charge in [-0.15, -0.1) is 0 Å². The molecule has 2 aliphatic heterocycles. The summed E-state index contributed by atoms with van der Waals surface area (Å²) in [4.78, 5) is 28.3. The standard InChI is InChI=1S/C24H36N2O3/c1-19-11-14-25(15-12-19)16-22-4-3-13-26(17-22)24(28)18-29-23-9-7-21(8-10-23)6-5-20(2)27/h7-10,19,22H,3-6,11-18H2,1-2H3. The van der Waals surface area contributed by atoms with Crippen LogP contribution in [0.15, 0.2) is 24.3 Å². The predicted molar refractivity (Wildman–Crippen MR) is 115 cm³/mol. The second-order valence-corrected chi connectivity index (χ2v) is 8.97. The topological polar surface area (TPSA) is 49.9 Å². The molecule has 0 bridgehead atoms. The Morgan fingerprint density at radius 2 is 1.79 bits per heavy atom. The van der Waals surface area contributed by atoms with Crippen LogP contribution in [0.2, 0.25) is 0 Å². The number of carbonyl (C=O) groups excluding carboxylic acids is 2. The van der Waals surface area contributed by atoms with Gasteiger partial charge in [-0.05, 0) is 81.6 Å². The fourth-order valence-electron chi connectivity index (χ4n) is 4.36. The molecule has 5 nitrogen and oxygen atoms in total. The summed E-state index contributed by atoms with van der Waals surface area (Å²) in [5.74, 6) is 2.44. The summed E-state index contributed by atoms with van der Waals surface area (Å²) in [7, 11) is 0. The minimum atomic E-state index is 0.0858. The van der Waals surface area contributed by atoms with Gasteiger partial charge in [-0.1, -0.05) is 19.1 Å². The normalized spacial score (nSPS) is 21.2. The van der Waals surface area contributed by atoms with Gasteiger partial charge < -0.3 is 19.3 Å². The first-order valence-corrected chi connectivity index (χ1v) is 11.2. The number of hydrogen-bond donors (Lipinski definition) is 0. The molecule has 29 heavy (non-hydrogen) atoms. The smallest absolute Gasteiger partial charge is 0.260 e. The Balaban J connectivity index is 1.41. The van der Waals surface area contributed by atoms with Gasteiger partial charge in [0.05, 0.1) is 0 Å². The molecule has 1 aromatic rings. The van der Waals surface area contributed by atoms with Crippen molar-refractivity contribution in [2.24, 2.45) is 11.8 Å². The average Bonchev–Trinajstić information content (AvgIpc) is 2.73. The Labute approximate surface area is 175 Å². The number of ether oxygens (including phenoxy) is 1. The molecule has 3 rings (SSSR count). The molecule has 0 radical (unpaired) electrons. The number of nitrogens with zero attached hydrogens (tertiary/aromatic N) is 2. The highest BCUT2D eigenvalue weighted by Gasteiger charge is 2.26. The second kappa shape index (κ2) is 10.8. The predicted octanol–water partition coefficient (Wildman–Crippen LogP) is 3.56. The fraction of sp³-hybridized carbons (Fsp3) is 0.667. The van der Waals surface area contributed by atoms with Crippen molar-refractivity contribution in [1.82, 2.24) is 9.80 Å². The average molecular weight is 401 g/mol. The van der Waals surface area contributed by atoms with E-state index in [2.05, 4.69) is 11.8 Å². The lowest BCUT2D eigenvalue weighted by Crippen LogP contribution is -2.46. The van der Waals surface area contributed by atoms with Crippen LogP contribution in [0.3, 0.4) is 0 Å². The van der Waals surface area contributed by atoms with E-state index >= 15 is 0 Å². The number of carbonyl (C=O) groups is 2. The van der Waals surface area contributed by atoms with E-state index in [1.165, 1.54) is 32.4 Å². The lowest BCUT2D eigenvalue weighted by atomic mass is 9.94. The van der Waals surface area contributed by atoms with Crippen LogP contribution in [0.5, 0.6) is 5.75 Å². The summed E-state index contributed by atoms with van der Waals surface area (Å²) in [5.41, 5.74) is 1.12. The largest absolute Gasteiger partial charge is 0.484 e. The van der Waals surface area contributed by atoms with Crippen LogP contribution < -0.4 is 4.74 Å². The van der Waals surface area contributed by atoms with Gasteiger partial charge >= 0.3 is 0 Å². The quantitative estimate of drug-likeness (QED) is 0.670. The maximum absolute atomic E-state index is 12.6. The summed E-state index contributed by atoms with van der Waals surface area (Å²) >= 11 is 0. The number of aryl methyl sites for hydroxylation is 1. The summed E-state index contributed by atoms with van der Waals surface area (Å²) in [6.07, 6.45) is 6.22. The number of likely N-dealkylation sites (tertiary alicyclic amines) is 2. The van der Waals surface area contributed by atoms with Crippen LogP contribution in [0, 0.1) is 11.8 Å². The number of benzene rings is 1. The summed E-state index contributed by atoms with van der Waals surface area (Å²) in [6, 6.07) is 7.72. The first-order valence-electron chi connectivity index (χ1n) is 11.2. The zero-order valence-electron chi connectivity index (χ0n) is 18.1. The van der Waals surface area contributed by atoms with E-state index in [-0.39, 0.29) is 18.3 Å². The van der Waals surface area contributed by atoms with E-state index < -0.39 is 0 Å². The van der Waals surface area contributed by atoms with Gasteiger partial charge in [0.25, 0.3) is 5.91 Å². The van der Waals surface area contributed by atoms with Gasteiger partial charge in [0, 0.05) is 26.1 Å². The van der Waals surface area contributed by atoms with Crippen molar-refractivity contribution >= 4 is 11.7 Å². The number of amides is 1. The first kappa shape index (κ1) is 21.8. The number of hydrogen-bond acceptors (Lipinski definition) is 4. The molecular formula is C24H36N2O3. The maximum atomic E-state index is 12.6. The highest BCUT2D eigenvalue weighted by Crippen LogP contribution is 2.22. The molecule has 0 N–H and O–H groups in total. The SMILES string of the molecule is CC(=O)CCc1ccc(OCC(=O)N2CCCC(CN3CCC(C)CC3)C2)cc1. The van der Waals surface area contributed by atoms with E-state index in [1.807, 2.05) is 29.2 Å². The zero-order valence-corrected chi connectivity index (χ0v) is 18.1. The third-order valence-corrected chi connectivity index (χ3v) is 6.32. The number of rotatable bonds is 8. The van der Waals surface area contributed by atoms with Crippen LogP contribution in [0.25, 0.3) is 0 Å². The van der Waals surface area contributed by atoms with E-state index in [9.17, 15) is 9.59 Å². The van der Waals surface area contributed by atoms with Crippen molar-refractivity contribution in [2.75, 3.05) is 39.3 Å². The zero-order chi connectivity index (χ0) is 20.6. The minimum Gasteiger partial charge on any atom is -0.484 e.